The minimum atomic E-state index is -4.70. The van der Waals surface area contributed by atoms with Crippen LogP contribution in [0.2, 0.25) is 0 Å². The minimum absolute atomic E-state index is 0. The van der Waals surface area contributed by atoms with Crippen LogP contribution < -0.4 is 80.2 Å². The van der Waals surface area contributed by atoms with E-state index >= 15 is 0 Å². The molecule has 1 aliphatic carbocycles. The Bertz CT molecular complexity index is 875. The van der Waals surface area contributed by atoms with Gasteiger partial charge in [-0.1, -0.05) is 19.2 Å². The fourth-order valence-electron chi connectivity index (χ4n) is 2.62. The third-order valence-corrected chi connectivity index (χ3v) is 4.27. The second-order valence-electron chi connectivity index (χ2n) is 5.13. The van der Waals surface area contributed by atoms with Gasteiger partial charge in [-0.2, -0.15) is 4.98 Å². The monoisotopic (exact) mass is 371 g/mol. The SMILES string of the molecule is Nc1nc2c(ncn2[C@@H]2CC(CP(=O)([O-])[O-])=C[C@H]2O)c(=O)[nH]1.[Na+].[Na+]. The molecule has 3 rings (SSSR count). The fraction of sp³-hybridized carbons (Fsp3) is 0.364. The number of fused-ring (bicyclic) bond motifs is 1. The second kappa shape index (κ2) is 8.13. The van der Waals surface area contributed by atoms with E-state index in [4.69, 9.17) is 5.73 Å². The van der Waals surface area contributed by atoms with Gasteiger partial charge in [0, 0.05) is 0 Å². The average molecular weight is 371 g/mol. The maximum absolute atomic E-state index is 11.7. The van der Waals surface area contributed by atoms with Crippen molar-refractivity contribution in [1.29, 1.82) is 0 Å². The number of nitrogen functional groups attached to an aromatic ring is 1. The Morgan fingerprint density at radius 2 is 2.12 bits per heavy atom. The van der Waals surface area contributed by atoms with Gasteiger partial charge in [0.05, 0.1) is 18.5 Å². The molecule has 2 aromatic rings. The summed E-state index contributed by atoms with van der Waals surface area (Å²) in [5, 5.41) is 10.1. The Morgan fingerprint density at radius 1 is 1.46 bits per heavy atom. The number of nitrogens with zero attached hydrogens (tertiary/aromatic N) is 3. The van der Waals surface area contributed by atoms with Gasteiger partial charge in [0.1, 0.15) is 0 Å². The number of aromatic nitrogens is 4. The number of hydrogen-bond acceptors (Lipinski definition) is 8. The van der Waals surface area contributed by atoms with Gasteiger partial charge >= 0.3 is 59.1 Å². The molecule has 2 atom stereocenters. The zero-order valence-electron chi connectivity index (χ0n) is 13.2. The summed E-state index contributed by atoms with van der Waals surface area (Å²) in [5.74, 6) is -0.0939. The van der Waals surface area contributed by atoms with E-state index in [1.54, 1.807) is 0 Å². The Kier molecular flexibility index (Phi) is 7.47. The summed E-state index contributed by atoms with van der Waals surface area (Å²) < 4.78 is 12.3. The molecule has 13 heteroatoms. The van der Waals surface area contributed by atoms with E-state index in [2.05, 4.69) is 15.0 Å². The van der Waals surface area contributed by atoms with Crippen LogP contribution >= 0.6 is 7.60 Å². The Labute approximate surface area is 180 Å². The summed E-state index contributed by atoms with van der Waals surface area (Å²) >= 11 is 0. The van der Waals surface area contributed by atoms with Gasteiger partial charge in [0.2, 0.25) is 5.95 Å². The molecular formula is C11H12N5Na2O5P. The van der Waals surface area contributed by atoms with Crippen LogP contribution in [0.5, 0.6) is 0 Å². The van der Waals surface area contributed by atoms with E-state index < -0.39 is 31.5 Å². The Morgan fingerprint density at radius 3 is 2.75 bits per heavy atom. The summed E-state index contributed by atoms with van der Waals surface area (Å²) in [4.78, 5) is 43.6. The maximum atomic E-state index is 11.7. The summed E-state index contributed by atoms with van der Waals surface area (Å²) in [6, 6.07) is -0.597. The number of H-pyrrole nitrogens is 1. The van der Waals surface area contributed by atoms with Crippen molar-refractivity contribution < 1.29 is 78.6 Å². The van der Waals surface area contributed by atoms with Crippen LogP contribution in [0.3, 0.4) is 0 Å². The van der Waals surface area contributed by atoms with Crippen LogP contribution in [0.4, 0.5) is 5.95 Å². The van der Waals surface area contributed by atoms with Crippen LogP contribution in [-0.4, -0.2) is 36.9 Å². The van der Waals surface area contributed by atoms with Gasteiger partial charge in [-0.3, -0.25) is 9.78 Å². The smallest absolute Gasteiger partial charge is 0.810 e. The van der Waals surface area contributed by atoms with Crippen LogP contribution in [0.25, 0.3) is 11.2 Å². The number of aromatic amines is 1. The number of nitrogens with one attached hydrogen (secondary N) is 1. The van der Waals surface area contributed by atoms with Crippen molar-refractivity contribution in [2.75, 3.05) is 11.9 Å². The molecule has 0 bridgehead atoms. The van der Waals surface area contributed by atoms with Crippen molar-refractivity contribution in [3.05, 3.63) is 28.3 Å². The van der Waals surface area contributed by atoms with Crippen molar-refractivity contribution in [1.82, 2.24) is 19.5 Å². The summed E-state index contributed by atoms with van der Waals surface area (Å²) in [5.41, 5.74) is 5.56. The molecule has 2 heterocycles. The van der Waals surface area contributed by atoms with Gasteiger partial charge in [0.25, 0.3) is 5.56 Å². The second-order valence-corrected chi connectivity index (χ2v) is 6.67. The van der Waals surface area contributed by atoms with Crippen LogP contribution in [0.15, 0.2) is 22.8 Å². The zero-order valence-corrected chi connectivity index (χ0v) is 18.1. The van der Waals surface area contributed by atoms with Gasteiger partial charge in [-0.15, -0.1) is 0 Å². The first-order valence-electron chi connectivity index (χ1n) is 6.35. The molecular weight excluding hydrogens is 359 g/mol. The van der Waals surface area contributed by atoms with Crippen LogP contribution in [0.1, 0.15) is 12.5 Å². The average Bonchev–Trinajstić information content (AvgIpc) is 2.90. The molecule has 24 heavy (non-hydrogen) atoms. The normalized spacial score (nSPS) is 20.4. The molecule has 118 valence electrons. The van der Waals surface area contributed by atoms with Crippen LogP contribution in [0, 0.1) is 0 Å². The van der Waals surface area contributed by atoms with Crippen molar-refractivity contribution in [2.45, 2.75) is 18.6 Å². The predicted molar refractivity (Wildman–Crippen MR) is 72.8 cm³/mol. The van der Waals surface area contributed by atoms with E-state index in [-0.39, 0.29) is 82.6 Å². The molecule has 0 saturated heterocycles. The molecule has 0 unspecified atom stereocenters. The topological polar surface area (TPSA) is 173 Å². The zero-order chi connectivity index (χ0) is 16.1. The predicted octanol–water partition coefficient (Wildman–Crippen LogP) is -8.14. The molecule has 4 N–H and O–H groups in total. The van der Waals surface area contributed by atoms with Crippen molar-refractivity contribution in [3.8, 4) is 0 Å². The molecule has 2 aromatic heterocycles. The molecule has 0 radical (unpaired) electrons. The van der Waals surface area contributed by atoms with E-state index in [0.717, 1.165) is 0 Å². The number of aliphatic hydroxyl groups is 1. The third-order valence-electron chi connectivity index (χ3n) is 3.48. The molecule has 1 aliphatic rings. The minimum Gasteiger partial charge on any atom is -0.810 e. The van der Waals surface area contributed by atoms with Gasteiger partial charge < -0.3 is 29.8 Å². The third kappa shape index (κ3) is 4.59. The largest absolute Gasteiger partial charge is 1.00 e. The van der Waals surface area contributed by atoms with E-state index in [1.165, 1.54) is 17.0 Å². The summed E-state index contributed by atoms with van der Waals surface area (Å²) in [6.45, 7) is 0. The molecule has 0 fully saturated rings. The molecule has 0 aromatic carbocycles. The van der Waals surface area contributed by atoms with Gasteiger partial charge in [-0.05, 0) is 12.6 Å². The van der Waals surface area contributed by atoms with E-state index in [0.29, 0.717) is 5.57 Å². The van der Waals surface area contributed by atoms with Crippen molar-refractivity contribution in [3.63, 3.8) is 0 Å². The van der Waals surface area contributed by atoms with Crippen molar-refractivity contribution in [2.24, 2.45) is 0 Å². The van der Waals surface area contributed by atoms with Crippen LogP contribution in [-0.2, 0) is 4.57 Å². The van der Waals surface area contributed by atoms with Gasteiger partial charge in [-0.25, -0.2) is 4.98 Å². The molecule has 0 spiro atoms. The first-order chi connectivity index (χ1) is 10.2. The fourth-order valence-corrected chi connectivity index (χ4v) is 3.36. The van der Waals surface area contributed by atoms with E-state index in [1.807, 2.05) is 0 Å². The number of allylic oxidation sites excluding steroid dienone is 1. The molecule has 0 amide bonds. The van der Waals surface area contributed by atoms with Crippen molar-refractivity contribution >= 4 is 24.7 Å². The standard InChI is InChI=1S/C11H14N5O5P.2Na/c12-11-14-9-8(10(18)15-11)13-4-16(9)6-1-5(2-7(6)17)3-22(19,20)21;;/h2,4,6-7,17H,1,3H2,(H2,19,20,21)(H3,12,14,15,18);;/q;2*+1/p-2/t6-,7-;;/m1../s1. The quantitative estimate of drug-likeness (QED) is 0.271. The molecule has 10 nitrogen and oxygen atoms in total. The number of nitrogens with two attached hydrogens (primary N) is 1. The number of anilines is 1. The maximum Gasteiger partial charge on any atom is 1.00 e. The first-order valence-corrected chi connectivity index (χ1v) is 8.08. The van der Waals surface area contributed by atoms with E-state index in [9.17, 15) is 24.3 Å². The first kappa shape index (κ1) is 22.0. The number of hydrogen-bond donors (Lipinski definition) is 3. The summed E-state index contributed by atoms with van der Waals surface area (Å²) in [6.07, 6.45) is 1.15. The number of rotatable bonds is 3. The molecule has 0 saturated carbocycles. The Hall–Kier alpha value is 0. The number of imidazole rings is 1. The Balaban J connectivity index is 0.00000144. The summed E-state index contributed by atoms with van der Waals surface area (Å²) in [7, 11) is -4.70. The van der Waals surface area contributed by atoms with Gasteiger partial charge in [0.15, 0.2) is 11.2 Å². The molecule has 0 aliphatic heterocycles. The number of aliphatic hydroxyl groups excluding tert-OH is 1.